The third kappa shape index (κ3) is 10.9. The van der Waals surface area contributed by atoms with Gasteiger partial charge in [0.1, 0.15) is 6.67 Å². The van der Waals surface area contributed by atoms with Gasteiger partial charge >= 0.3 is 0 Å². The van der Waals surface area contributed by atoms with E-state index in [1.807, 2.05) is 41.5 Å². The molecule has 1 amide bonds. The molecule has 4 nitrogen and oxygen atoms in total. The van der Waals surface area contributed by atoms with Crippen LogP contribution < -0.4 is 5.32 Å². The smallest absolute Gasteiger partial charge is 0.224 e. The molecule has 0 aliphatic rings. The van der Waals surface area contributed by atoms with E-state index in [1.165, 1.54) is 19.2 Å². The average molecular weight is 538 g/mol. The van der Waals surface area contributed by atoms with Gasteiger partial charge in [0.05, 0.1) is 11.9 Å². The van der Waals surface area contributed by atoms with E-state index in [-0.39, 0.29) is 29.9 Å². The second-order valence-electron chi connectivity index (χ2n) is 9.69. The summed E-state index contributed by atoms with van der Waals surface area (Å²) in [5.74, 6) is -0.392. The van der Waals surface area contributed by atoms with E-state index in [1.54, 1.807) is 13.0 Å². The molecule has 3 unspecified atom stereocenters. The second kappa shape index (κ2) is 17.2. The molecule has 2 N–H and O–H groups in total. The number of alkyl halides is 2. The van der Waals surface area contributed by atoms with Gasteiger partial charge < -0.3 is 10.7 Å². The van der Waals surface area contributed by atoms with Crippen LogP contribution in [0, 0.1) is 17.2 Å². The molecule has 3 atom stereocenters. The number of allylic oxidation sites excluding steroid dienone is 8. The highest BCUT2D eigenvalue weighted by molar-refractivity contribution is 6.32. The van der Waals surface area contributed by atoms with E-state index in [0.29, 0.717) is 34.7 Å². The maximum Gasteiger partial charge on any atom is 0.224 e. The number of rotatable bonds is 16. The second-order valence-corrected chi connectivity index (χ2v) is 10.1. The van der Waals surface area contributed by atoms with E-state index in [0.717, 1.165) is 30.2 Å². The summed E-state index contributed by atoms with van der Waals surface area (Å²) in [6.07, 6.45) is 8.49. The van der Waals surface area contributed by atoms with Crippen LogP contribution in [0.2, 0.25) is 0 Å². The molecule has 0 fully saturated rings. The number of nitrogens with one attached hydrogen (secondary N) is 2. The van der Waals surface area contributed by atoms with E-state index in [2.05, 4.69) is 16.9 Å². The fourth-order valence-electron chi connectivity index (χ4n) is 4.21. The normalized spacial score (nSPS) is 17.5. The summed E-state index contributed by atoms with van der Waals surface area (Å²) in [6.45, 7) is 18.1. The molecule has 0 bridgehead atoms. The maximum atomic E-state index is 15.7. The highest BCUT2D eigenvalue weighted by Gasteiger charge is 2.35. The minimum Gasteiger partial charge on any atom is -0.323 e. The van der Waals surface area contributed by atoms with Crippen molar-refractivity contribution in [2.45, 2.75) is 93.2 Å². The number of halogens is 3. The number of carbonyl (C=O) groups is 1. The fraction of sp³-hybridized carbons (Fsp3) is 0.567. The Morgan fingerprint density at radius 3 is 2.32 bits per heavy atom. The largest absolute Gasteiger partial charge is 0.323 e. The molecule has 37 heavy (non-hydrogen) atoms. The first-order valence-corrected chi connectivity index (χ1v) is 13.4. The van der Waals surface area contributed by atoms with Gasteiger partial charge in [-0.15, -0.1) is 0 Å². The molecule has 0 rings (SSSR count). The van der Waals surface area contributed by atoms with Crippen LogP contribution in [-0.2, 0) is 4.79 Å². The Bertz CT molecular complexity index is 958. The Kier molecular flexibility index (Phi) is 16.1. The first kappa shape index (κ1) is 34.7. The van der Waals surface area contributed by atoms with Gasteiger partial charge in [-0.05, 0) is 70.4 Å². The van der Waals surface area contributed by atoms with Crippen LogP contribution in [-0.4, -0.2) is 30.2 Å². The van der Waals surface area contributed by atoms with Crippen molar-refractivity contribution in [2.24, 2.45) is 16.8 Å². The van der Waals surface area contributed by atoms with Gasteiger partial charge in [0.2, 0.25) is 5.91 Å². The number of carbonyl (C=O) groups excluding carboxylic acids is 1. The lowest BCUT2D eigenvalue weighted by atomic mass is 9.79. The number of hydrogen-bond acceptors (Lipinski definition) is 3. The summed E-state index contributed by atoms with van der Waals surface area (Å²) < 4.78 is 28.2. The van der Waals surface area contributed by atoms with Crippen LogP contribution in [0.1, 0.15) is 87.5 Å². The number of aliphatic imine (C=N–C) groups is 1. The molecule has 0 saturated heterocycles. The van der Waals surface area contributed by atoms with Crippen molar-refractivity contribution in [3.63, 3.8) is 0 Å². The molecule has 7 heteroatoms. The highest BCUT2D eigenvalue weighted by Crippen LogP contribution is 2.42. The molecule has 0 aliphatic carbocycles. The number of nitrogens with zero attached hydrogens (tertiary/aromatic N) is 1. The lowest BCUT2D eigenvalue weighted by Crippen LogP contribution is -2.28. The zero-order valence-electron chi connectivity index (χ0n) is 23.9. The van der Waals surface area contributed by atoms with Crippen molar-refractivity contribution in [1.82, 2.24) is 5.32 Å². The molecule has 0 aliphatic heterocycles. The standard InChI is InChI=1S/C30H46ClF2N3O/c1-10-14-24(15-13-16-32)35-19-25(18-34)36-27(37)17-22(7)26(12-3)23(8)29(31)28(21(6)11-2)30(9,33)20(4)5/h13,15,18-19,22,26,34H,4,10-12,14,16-17H2,1-3,5-9H3,(H,36,37)/b15-13-,25-19+,28-21?,29-23?,34-18?,35-24-. The van der Waals surface area contributed by atoms with Gasteiger partial charge in [0.15, 0.2) is 5.67 Å². The van der Waals surface area contributed by atoms with Crippen LogP contribution in [0.4, 0.5) is 8.78 Å². The van der Waals surface area contributed by atoms with Crippen molar-refractivity contribution in [3.05, 3.63) is 58.0 Å². The first-order valence-electron chi connectivity index (χ1n) is 13.0. The Balaban J connectivity index is 5.92. The summed E-state index contributed by atoms with van der Waals surface area (Å²) in [7, 11) is 0. The number of amides is 1. The maximum absolute atomic E-state index is 15.7. The topological polar surface area (TPSA) is 65.3 Å². The van der Waals surface area contributed by atoms with Gasteiger partial charge in [-0.1, -0.05) is 69.5 Å². The van der Waals surface area contributed by atoms with E-state index in [4.69, 9.17) is 17.0 Å². The zero-order valence-corrected chi connectivity index (χ0v) is 24.7. The highest BCUT2D eigenvalue weighted by atomic mass is 35.5. The quantitative estimate of drug-likeness (QED) is 0.115. The average Bonchev–Trinajstić information content (AvgIpc) is 2.84. The molecule has 0 heterocycles. The zero-order chi connectivity index (χ0) is 28.8. The van der Waals surface area contributed by atoms with Crippen LogP contribution in [0.5, 0.6) is 0 Å². The van der Waals surface area contributed by atoms with Gasteiger partial charge in [-0.3, -0.25) is 9.79 Å². The molecule has 0 spiro atoms. The van der Waals surface area contributed by atoms with E-state index >= 15 is 4.39 Å². The first-order chi connectivity index (χ1) is 17.3. The van der Waals surface area contributed by atoms with Crippen LogP contribution in [0.3, 0.4) is 0 Å². The Morgan fingerprint density at radius 1 is 1.24 bits per heavy atom. The number of hydrogen-bond donors (Lipinski definition) is 2. The van der Waals surface area contributed by atoms with Crippen molar-refractivity contribution in [1.29, 1.82) is 5.41 Å². The van der Waals surface area contributed by atoms with Crippen molar-refractivity contribution < 1.29 is 13.6 Å². The molecular formula is C30H46ClF2N3O. The minimum atomic E-state index is -1.77. The Morgan fingerprint density at radius 2 is 1.86 bits per heavy atom. The predicted octanol–water partition coefficient (Wildman–Crippen LogP) is 8.96. The van der Waals surface area contributed by atoms with Gasteiger partial charge in [-0.25, -0.2) is 8.78 Å². The molecule has 208 valence electrons. The third-order valence-electron chi connectivity index (χ3n) is 6.70. The molecule has 0 aromatic heterocycles. The van der Waals surface area contributed by atoms with Crippen molar-refractivity contribution in [2.75, 3.05) is 6.67 Å². The van der Waals surface area contributed by atoms with Crippen LogP contribution >= 0.6 is 11.6 Å². The van der Waals surface area contributed by atoms with Crippen molar-refractivity contribution >= 4 is 29.4 Å². The lowest BCUT2D eigenvalue weighted by Gasteiger charge is -2.30. The minimum absolute atomic E-state index is 0.0498. The summed E-state index contributed by atoms with van der Waals surface area (Å²) in [6, 6.07) is 0. The third-order valence-corrected chi connectivity index (χ3v) is 7.19. The van der Waals surface area contributed by atoms with Crippen LogP contribution in [0.15, 0.2) is 62.9 Å². The Labute approximate surface area is 228 Å². The van der Waals surface area contributed by atoms with Crippen LogP contribution in [0.25, 0.3) is 0 Å². The molecule has 0 aromatic carbocycles. The molecule has 0 radical (unpaired) electrons. The summed E-state index contributed by atoms with van der Waals surface area (Å²) in [5.41, 5.74) is 1.69. The van der Waals surface area contributed by atoms with Gasteiger partial charge in [0, 0.05) is 29.0 Å². The fourth-order valence-corrected chi connectivity index (χ4v) is 4.69. The molecule has 0 saturated carbocycles. The Hall–Kier alpha value is -2.34. The molecule has 0 aromatic rings. The monoisotopic (exact) mass is 537 g/mol. The van der Waals surface area contributed by atoms with E-state index in [9.17, 15) is 9.18 Å². The lowest BCUT2D eigenvalue weighted by molar-refractivity contribution is -0.121. The van der Waals surface area contributed by atoms with Gasteiger partial charge in [-0.2, -0.15) is 0 Å². The van der Waals surface area contributed by atoms with Gasteiger partial charge in [0.25, 0.3) is 0 Å². The van der Waals surface area contributed by atoms with Crippen molar-refractivity contribution in [3.8, 4) is 0 Å². The SMILES string of the molecule is C=C(C)C(C)(F)C(=C(C)CC)C(Cl)=C(C)C(CC)C(C)CC(=O)N/C(C=N)=C/N=C(\C=C/CF)CCC. The summed E-state index contributed by atoms with van der Waals surface area (Å²) >= 11 is 6.85. The molecular weight excluding hydrogens is 492 g/mol. The summed E-state index contributed by atoms with van der Waals surface area (Å²) in [5, 5.41) is 10.8. The van der Waals surface area contributed by atoms with E-state index < -0.39 is 12.3 Å². The predicted molar refractivity (Wildman–Crippen MR) is 156 cm³/mol. The summed E-state index contributed by atoms with van der Waals surface area (Å²) in [4.78, 5) is 17.1.